The number of amidine groups is 1. The minimum absolute atomic E-state index is 0. The van der Waals surface area contributed by atoms with E-state index >= 15 is 0 Å². The first-order chi connectivity index (χ1) is 12.3. The molecule has 3 aromatic carbocycles. The van der Waals surface area contributed by atoms with Crippen LogP contribution in [0.4, 0.5) is 5.69 Å². The molecule has 1 aliphatic heterocycles. The molecule has 4 heteroatoms. The molecular formula is C22H23ClN2O. The van der Waals surface area contributed by atoms with Gasteiger partial charge in [-0.25, -0.2) is 4.99 Å². The third-order valence-electron chi connectivity index (χ3n) is 4.61. The summed E-state index contributed by atoms with van der Waals surface area (Å²) in [5.41, 5.74) is 3.41. The number of benzene rings is 3. The van der Waals surface area contributed by atoms with Crippen LogP contribution in [0.25, 0.3) is 10.8 Å². The zero-order valence-corrected chi connectivity index (χ0v) is 15.7. The third-order valence-corrected chi connectivity index (χ3v) is 4.61. The lowest BCUT2D eigenvalue weighted by Crippen LogP contribution is -2.41. The lowest BCUT2D eigenvalue weighted by atomic mass is 10.0. The average molecular weight is 367 g/mol. The first-order valence-electron chi connectivity index (χ1n) is 8.77. The lowest BCUT2D eigenvalue weighted by molar-refractivity contribution is 0.0683. The van der Waals surface area contributed by atoms with E-state index in [1.165, 1.54) is 21.9 Å². The number of ether oxygens (including phenoxy) is 1. The van der Waals surface area contributed by atoms with Crippen LogP contribution in [0.15, 0.2) is 71.7 Å². The molecule has 0 unspecified atom stereocenters. The zero-order valence-electron chi connectivity index (χ0n) is 14.9. The van der Waals surface area contributed by atoms with Gasteiger partial charge in [-0.3, -0.25) is 0 Å². The topological polar surface area (TPSA) is 24.8 Å². The molecule has 0 radical (unpaired) electrons. The average Bonchev–Trinajstić information content (AvgIpc) is 2.68. The molecule has 0 N–H and O–H groups in total. The zero-order chi connectivity index (χ0) is 17.1. The largest absolute Gasteiger partial charge is 0.378 e. The fraction of sp³-hybridized carbons (Fsp3) is 0.227. The van der Waals surface area contributed by atoms with Crippen LogP contribution in [0, 0.1) is 6.92 Å². The molecule has 1 fully saturated rings. The first-order valence-corrected chi connectivity index (χ1v) is 8.77. The number of fused-ring (bicyclic) bond motifs is 1. The molecule has 4 rings (SSSR count). The molecule has 0 saturated carbocycles. The number of rotatable bonds is 2. The molecule has 3 nitrogen and oxygen atoms in total. The molecule has 0 aromatic heterocycles. The molecular weight excluding hydrogens is 344 g/mol. The van der Waals surface area contributed by atoms with Crippen molar-refractivity contribution in [2.45, 2.75) is 6.92 Å². The Hall–Kier alpha value is -2.36. The Bertz CT molecular complexity index is 894. The normalized spacial score (nSPS) is 15.0. The predicted molar refractivity (Wildman–Crippen MR) is 111 cm³/mol. The van der Waals surface area contributed by atoms with E-state index in [1.807, 2.05) is 0 Å². The number of aliphatic imine (C=N–C) groups is 1. The van der Waals surface area contributed by atoms with E-state index in [0.717, 1.165) is 37.8 Å². The third kappa shape index (κ3) is 3.90. The SMILES string of the molecule is Cc1ccc(N=C(c2cccc3ccccc23)N2CCOCC2)cc1.Cl. The van der Waals surface area contributed by atoms with Crippen LogP contribution in [0.2, 0.25) is 0 Å². The minimum Gasteiger partial charge on any atom is -0.378 e. The summed E-state index contributed by atoms with van der Waals surface area (Å²) in [5, 5.41) is 2.48. The maximum atomic E-state index is 5.54. The second kappa shape index (κ2) is 8.35. The van der Waals surface area contributed by atoms with E-state index in [4.69, 9.17) is 9.73 Å². The molecule has 1 heterocycles. The summed E-state index contributed by atoms with van der Waals surface area (Å²) < 4.78 is 5.54. The molecule has 3 aromatic rings. The van der Waals surface area contributed by atoms with Gasteiger partial charge in [-0.1, -0.05) is 60.2 Å². The summed E-state index contributed by atoms with van der Waals surface area (Å²) in [6.07, 6.45) is 0. The van der Waals surface area contributed by atoms with Crippen molar-refractivity contribution in [2.24, 2.45) is 4.99 Å². The molecule has 1 aliphatic rings. The van der Waals surface area contributed by atoms with Crippen molar-refractivity contribution in [1.82, 2.24) is 4.90 Å². The monoisotopic (exact) mass is 366 g/mol. The first kappa shape index (κ1) is 18.4. The van der Waals surface area contributed by atoms with Crippen LogP contribution in [0.5, 0.6) is 0 Å². The number of hydrogen-bond acceptors (Lipinski definition) is 2. The van der Waals surface area contributed by atoms with Gasteiger partial charge >= 0.3 is 0 Å². The highest BCUT2D eigenvalue weighted by Crippen LogP contribution is 2.24. The van der Waals surface area contributed by atoms with Gasteiger partial charge in [-0.15, -0.1) is 12.4 Å². The van der Waals surface area contributed by atoms with Crippen LogP contribution < -0.4 is 0 Å². The van der Waals surface area contributed by atoms with Gasteiger partial charge in [0.1, 0.15) is 5.84 Å². The van der Waals surface area contributed by atoms with Crippen LogP contribution in [0.3, 0.4) is 0 Å². The Labute approximate surface area is 160 Å². The second-order valence-electron chi connectivity index (χ2n) is 6.40. The molecule has 0 aliphatic carbocycles. The smallest absolute Gasteiger partial charge is 0.137 e. The second-order valence-corrected chi connectivity index (χ2v) is 6.40. The van der Waals surface area contributed by atoms with Gasteiger partial charge in [0.25, 0.3) is 0 Å². The summed E-state index contributed by atoms with van der Waals surface area (Å²) in [4.78, 5) is 7.37. The van der Waals surface area contributed by atoms with Gasteiger partial charge in [0.2, 0.25) is 0 Å². The van der Waals surface area contributed by atoms with Crippen molar-refractivity contribution < 1.29 is 4.74 Å². The minimum atomic E-state index is 0. The van der Waals surface area contributed by atoms with E-state index in [2.05, 4.69) is 78.6 Å². The summed E-state index contributed by atoms with van der Waals surface area (Å²) in [5.74, 6) is 1.03. The van der Waals surface area contributed by atoms with Crippen LogP contribution in [-0.4, -0.2) is 37.0 Å². The van der Waals surface area contributed by atoms with E-state index in [0.29, 0.717) is 0 Å². The maximum Gasteiger partial charge on any atom is 0.137 e. The van der Waals surface area contributed by atoms with Gasteiger partial charge in [0.05, 0.1) is 18.9 Å². The van der Waals surface area contributed by atoms with E-state index in [1.54, 1.807) is 0 Å². The lowest BCUT2D eigenvalue weighted by Gasteiger charge is -2.30. The van der Waals surface area contributed by atoms with E-state index in [-0.39, 0.29) is 12.4 Å². The molecule has 1 saturated heterocycles. The van der Waals surface area contributed by atoms with Crippen LogP contribution >= 0.6 is 12.4 Å². The van der Waals surface area contributed by atoms with Crippen LogP contribution in [-0.2, 0) is 4.74 Å². The van der Waals surface area contributed by atoms with Crippen molar-refractivity contribution in [3.05, 3.63) is 77.9 Å². The molecule has 0 atom stereocenters. The molecule has 26 heavy (non-hydrogen) atoms. The van der Waals surface area contributed by atoms with E-state index in [9.17, 15) is 0 Å². The number of aryl methyl sites for hydroxylation is 1. The molecule has 0 amide bonds. The Kier molecular flexibility index (Phi) is 5.92. The highest BCUT2D eigenvalue weighted by Gasteiger charge is 2.18. The quantitative estimate of drug-likeness (QED) is 0.472. The predicted octanol–water partition coefficient (Wildman–Crippen LogP) is 4.98. The summed E-state index contributed by atoms with van der Waals surface area (Å²) in [6.45, 7) is 5.33. The van der Waals surface area contributed by atoms with Gasteiger partial charge in [-0.2, -0.15) is 0 Å². The van der Waals surface area contributed by atoms with Crippen LogP contribution in [0.1, 0.15) is 11.1 Å². The Morgan fingerprint density at radius 3 is 2.35 bits per heavy atom. The fourth-order valence-corrected chi connectivity index (χ4v) is 3.24. The number of halogens is 1. The number of morpholine rings is 1. The Morgan fingerprint density at radius 1 is 0.885 bits per heavy atom. The van der Waals surface area contributed by atoms with E-state index < -0.39 is 0 Å². The molecule has 0 bridgehead atoms. The molecule has 0 spiro atoms. The number of hydrogen-bond donors (Lipinski definition) is 0. The Morgan fingerprint density at radius 2 is 1.58 bits per heavy atom. The summed E-state index contributed by atoms with van der Waals surface area (Å²) in [7, 11) is 0. The highest BCUT2D eigenvalue weighted by atomic mass is 35.5. The number of nitrogens with zero attached hydrogens (tertiary/aromatic N) is 2. The maximum absolute atomic E-state index is 5.54. The van der Waals surface area contributed by atoms with Crippen molar-refractivity contribution >= 4 is 34.7 Å². The molecule has 134 valence electrons. The fourth-order valence-electron chi connectivity index (χ4n) is 3.24. The van der Waals surface area contributed by atoms with Gasteiger partial charge in [0, 0.05) is 18.7 Å². The van der Waals surface area contributed by atoms with Gasteiger partial charge in [-0.05, 0) is 29.8 Å². The van der Waals surface area contributed by atoms with Gasteiger partial charge < -0.3 is 9.64 Å². The van der Waals surface area contributed by atoms with Crippen molar-refractivity contribution in [3.63, 3.8) is 0 Å². The highest BCUT2D eigenvalue weighted by molar-refractivity contribution is 6.10. The summed E-state index contributed by atoms with van der Waals surface area (Å²) in [6, 6.07) is 23.3. The Balaban J connectivity index is 0.00000196. The van der Waals surface area contributed by atoms with Crippen molar-refractivity contribution in [2.75, 3.05) is 26.3 Å². The standard InChI is InChI=1S/C22H22N2O.ClH/c1-17-9-11-19(12-10-17)23-22(24-13-15-25-16-14-24)21-8-4-6-18-5-2-3-7-20(18)21;/h2-12H,13-16H2,1H3;1H. The van der Waals surface area contributed by atoms with Crippen molar-refractivity contribution in [1.29, 1.82) is 0 Å². The van der Waals surface area contributed by atoms with Gasteiger partial charge in [0.15, 0.2) is 0 Å². The summed E-state index contributed by atoms with van der Waals surface area (Å²) >= 11 is 0. The van der Waals surface area contributed by atoms with Crippen molar-refractivity contribution in [3.8, 4) is 0 Å².